The largest absolute Gasteiger partial charge is 0.437 e. The summed E-state index contributed by atoms with van der Waals surface area (Å²) in [7, 11) is 0. The maximum absolute atomic E-state index is 13.1. The minimum absolute atomic E-state index is 0.0179. The molecule has 0 radical (unpaired) electrons. The number of ether oxygens (including phenoxy) is 1. The van der Waals surface area contributed by atoms with Crippen LogP contribution in [-0.2, 0) is 9.59 Å². The number of amides is 2. The second kappa shape index (κ2) is 8.57. The first-order valence-corrected chi connectivity index (χ1v) is 8.79. The summed E-state index contributed by atoms with van der Waals surface area (Å²) in [6.07, 6.45) is 4.62. The van der Waals surface area contributed by atoms with Crippen LogP contribution in [0, 0.1) is 5.82 Å². The summed E-state index contributed by atoms with van der Waals surface area (Å²) in [5.74, 6) is 0.344. The number of nitrogens with one attached hydrogen (secondary N) is 1. The van der Waals surface area contributed by atoms with Gasteiger partial charge in [-0.15, -0.1) is 0 Å². The molecular weight excluding hydrogens is 351 g/mol. The van der Waals surface area contributed by atoms with E-state index in [9.17, 15) is 14.0 Å². The molecule has 1 aliphatic heterocycles. The molecule has 27 heavy (non-hydrogen) atoms. The van der Waals surface area contributed by atoms with Gasteiger partial charge >= 0.3 is 0 Å². The molecule has 2 amide bonds. The molecule has 0 bridgehead atoms. The SMILES string of the molecule is CC(=O)NCC(=O)N1CCC(c2nccnc2Oc2ccc(F)cc2)CC1. The number of aromatic nitrogens is 2. The van der Waals surface area contributed by atoms with E-state index in [4.69, 9.17) is 4.74 Å². The highest BCUT2D eigenvalue weighted by Crippen LogP contribution is 2.33. The molecule has 7 nitrogen and oxygen atoms in total. The van der Waals surface area contributed by atoms with Gasteiger partial charge < -0.3 is 15.0 Å². The molecule has 0 atom stereocenters. The van der Waals surface area contributed by atoms with Crippen molar-refractivity contribution in [3.63, 3.8) is 0 Å². The van der Waals surface area contributed by atoms with Gasteiger partial charge in [-0.05, 0) is 37.1 Å². The fraction of sp³-hybridized carbons (Fsp3) is 0.368. The molecule has 142 valence electrons. The monoisotopic (exact) mass is 372 g/mol. The van der Waals surface area contributed by atoms with Crippen LogP contribution in [0.5, 0.6) is 11.6 Å². The third kappa shape index (κ3) is 4.99. The van der Waals surface area contributed by atoms with E-state index in [-0.39, 0.29) is 30.1 Å². The number of benzene rings is 1. The minimum Gasteiger partial charge on any atom is -0.437 e. The van der Waals surface area contributed by atoms with Crippen LogP contribution in [-0.4, -0.2) is 46.3 Å². The Hall–Kier alpha value is -3.03. The van der Waals surface area contributed by atoms with Crippen LogP contribution in [0.2, 0.25) is 0 Å². The van der Waals surface area contributed by atoms with Gasteiger partial charge in [0.05, 0.1) is 6.54 Å². The lowest BCUT2D eigenvalue weighted by atomic mass is 9.93. The highest BCUT2D eigenvalue weighted by molar-refractivity contribution is 5.83. The van der Waals surface area contributed by atoms with Crippen molar-refractivity contribution in [2.75, 3.05) is 19.6 Å². The Morgan fingerprint density at radius 1 is 1.19 bits per heavy atom. The van der Waals surface area contributed by atoms with Crippen molar-refractivity contribution in [1.29, 1.82) is 0 Å². The predicted octanol–water partition coefficient (Wildman–Crippen LogP) is 2.25. The molecule has 1 N–H and O–H groups in total. The summed E-state index contributed by atoms with van der Waals surface area (Å²) < 4.78 is 18.8. The van der Waals surface area contributed by atoms with Gasteiger partial charge in [0.1, 0.15) is 17.3 Å². The third-order valence-electron chi connectivity index (χ3n) is 4.44. The first-order valence-electron chi connectivity index (χ1n) is 8.79. The molecule has 2 heterocycles. The van der Waals surface area contributed by atoms with E-state index in [1.807, 2.05) is 0 Å². The average molecular weight is 372 g/mol. The molecule has 1 aliphatic rings. The van der Waals surface area contributed by atoms with Crippen LogP contribution in [0.15, 0.2) is 36.7 Å². The van der Waals surface area contributed by atoms with E-state index in [0.717, 1.165) is 18.5 Å². The number of carbonyl (C=O) groups is 2. The summed E-state index contributed by atoms with van der Waals surface area (Å²) in [6.45, 7) is 2.56. The zero-order chi connectivity index (χ0) is 19.2. The molecule has 1 fully saturated rings. The van der Waals surface area contributed by atoms with Crippen LogP contribution < -0.4 is 10.1 Å². The fourth-order valence-corrected chi connectivity index (χ4v) is 3.02. The van der Waals surface area contributed by atoms with Gasteiger partial charge in [-0.1, -0.05) is 0 Å². The number of rotatable bonds is 5. The van der Waals surface area contributed by atoms with Crippen molar-refractivity contribution in [1.82, 2.24) is 20.2 Å². The van der Waals surface area contributed by atoms with Gasteiger partial charge in [0, 0.05) is 38.3 Å². The zero-order valence-corrected chi connectivity index (χ0v) is 15.0. The summed E-state index contributed by atoms with van der Waals surface area (Å²) in [5.41, 5.74) is 0.732. The fourth-order valence-electron chi connectivity index (χ4n) is 3.02. The summed E-state index contributed by atoms with van der Waals surface area (Å²) >= 11 is 0. The normalized spacial score (nSPS) is 14.7. The highest BCUT2D eigenvalue weighted by atomic mass is 19.1. The number of hydrogen-bond donors (Lipinski definition) is 1. The second-order valence-electron chi connectivity index (χ2n) is 6.37. The molecule has 0 unspecified atom stereocenters. The van der Waals surface area contributed by atoms with Gasteiger partial charge in [-0.3, -0.25) is 14.6 Å². The van der Waals surface area contributed by atoms with Crippen LogP contribution in [0.3, 0.4) is 0 Å². The van der Waals surface area contributed by atoms with E-state index in [1.54, 1.807) is 17.3 Å². The number of nitrogens with zero attached hydrogens (tertiary/aromatic N) is 3. The number of hydrogen-bond acceptors (Lipinski definition) is 5. The van der Waals surface area contributed by atoms with Crippen LogP contribution in [0.4, 0.5) is 4.39 Å². The molecular formula is C19H21FN4O3. The average Bonchev–Trinajstić information content (AvgIpc) is 2.68. The standard InChI is InChI=1S/C19H21FN4O3/c1-13(25)23-12-17(26)24-10-6-14(7-11-24)18-19(22-9-8-21-18)27-16-4-2-15(20)3-5-16/h2-5,8-9,14H,6-7,10-12H2,1H3,(H,23,25). The number of likely N-dealkylation sites (tertiary alicyclic amines) is 1. The van der Waals surface area contributed by atoms with Crippen LogP contribution in [0.25, 0.3) is 0 Å². The molecule has 3 rings (SSSR count). The van der Waals surface area contributed by atoms with Crippen molar-refractivity contribution >= 4 is 11.8 Å². The van der Waals surface area contributed by atoms with Gasteiger partial charge in [-0.25, -0.2) is 9.37 Å². The predicted molar refractivity (Wildman–Crippen MR) is 95.7 cm³/mol. The molecule has 2 aromatic rings. The topological polar surface area (TPSA) is 84.4 Å². The zero-order valence-electron chi connectivity index (χ0n) is 15.0. The van der Waals surface area contributed by atoms with Crippen molar-refractivity contribution in [2.45, 2.75) is 25.7 Å². The van der Waals surface area contributed by atoms with Crippen LogP contribution >= 0.6 is 0 Å². The van der Waals surface area contributed by atoms with Crippen molar-refractivity contribution in [2.24, 2.45) is 0 Å². The van der Waals surface area contributed by atoms with Gasteiger partial charge in [0.15, 0.2) is 0 Å². The number of piperidine rings is 1. The lowest BCUT2D eigenvalue weighted by Gasteiger charge is -2.32. The van der Waals surface area contributed by atoms with E-state index in [1.165, 1.54) is 31.2 Å². The Labute approximate surface area is 156 Å². The Morgan fingerprint density at radius 2 is 1.85 bits per heavy atom. The highest BCUT2D eigenvalue weighted by Gasteiger charge is 2.27. The Kier molecular flexibility index (Phi) is 5.95. The molecule has 1 aromatic heterocycles. The Balaban J connectivity index is 1.63. The smallest absolute Gasteiger partial charge is 0.241 e. The van der Waals surface area contributed by atoms with Gasteiger partial charge in [0.25, 0.3) is 0 Å². The maximum atomic E-state index is 13.1. The third-order valence-corrected chi connectivity index (χ3v) is 4.44. The summed E-state index contributed by atoms with van der Waals surface area (Å²) in [6, 6.07) is 5.73. The second-order valence-corrected chi connectivity index (χ2v) is 6.37. The molecule has 1 aromatic carbocycles. The first kappa shape index (κ1) is 18.8. The minimum atomic E-state index is -0.335. The molecule has 0 aliphatic carbocycles. The van der Waals surface area contributed by atoms with E-state index in [2.05, 4.69) is 15.3 Å². The molecule has 8 heteroatoms. The molecule has 0 spiro atoms. The quantitative estimate of drug-likeness (QED) is 0.870. The Morgan fingerprint density at radius 3 is 2.52 bits per heavy atom. The first-order chi connectivity index (χ1) is 13.0. The lowest BCUT2D eigenvalue weighted by molar-refractivity contribution is -0.133. The van der Waals surface area contributed by atoms with E-state index < -0.39 is 0 Å². The Bertz CT molecular complexity index is 805. The maximum Gasteiger partial charge on any atom is 0.241 e. The van der Waals surface area contributed by atoms with Crippen molar-refractivity contribution < 1.29 is 18.7 Å². The van der Waals surface area contributed by atoms with Crippen molar-refractivity contribution in [3.05, 3.63) is 48.2 Å². The van der Waals surface area contributed by atoms with Gasteiger partial charge in [0.2, 0.25) is 17.7 Å². The molecule has 1 saturated heterocycles. The lowest BCUT2D eigenvalue weighted by Crippen LogP contribution is -2.43. The molecule has 0 saturated carbocycles. The van der Waals surface area contributed by atoms with Crippen molar-refractivity contribution in [3.8, 4) is 11.6 Å². The summed E-state index contributed by atoms with van der Waals surface area (Å²) in [4.78, 5) is 33.5. The van der Waals surface area contributed by atoms with E-state index in [0.29, 0.717) is 24.7 Å². The number of carbonyl (C=O) groups excluding carboxylic acids is 2. The van der Waals surface area contributed by atoms with Crippen LogP contribution in [0.1, 0.15) is 31.4 Å². The van der Waals surface area contributed by atoms with Gasteiger partial charge in [-0.2, -0.15) is 0 Å². The number of halogens is 1. The van der Waals surface area contributed by atoms with E-state index >= 15 is 0 Å². The summed E-state index contributed by atoms with van der Waals surface area (Å²) in [5, 5.41) is 2.53.